The van der Waals surface area contributed by atoms with Gasteiger partial charge < -0.3 is 10.2 Å². The summed E-state index contributed by atoms with van der Waals surface area (Å²) in [6.45, 7) is 6.19. The number of oxime groups is 1. The number of nitrogens with one attached hydrogen (secondary N) is 1. The molecule has 2 bridgehead atoms. The zero-order chi connectivity index (χ0) is 23.3. The third kappa shape index (κ3) is 3.33. The molecule has 32 heavy (non-hydrogen) atoms. The van der Waals surface area contributed by atoms with Crippen LogP contribution < -0.4 is 5.32 Å². The normalized spacial score (nSPS) is 26.9. The number of rotatable bonds is 4. The lowest BCUT2D eigenvalue weighted by molar-refractivity contribution is -0.130. The molecule has 4 rings (SSSR count). The number of hydrogen-bond donors (Lipinski definition) is 1. The van der Waals surface area contributed by atoms with E-state index in [9.17, 15) is 9.59 Å². The minimum absolute atomic E-state index is 0.163. The number of benzene rings is 2. The molecular weight excluding hydrogens is 471 g/mol. The molecule has 2 atom stereocenters. The maximum absolute atomic E-state index is 13.6. The average molecular weight is 494 g/mol. The number of carbonyl (C=O) groups is 2. The Balaban J connectivity index is 1.63. The monoisotopic (exact) mass is 492 g/mol. The Bertz CT molecular complexity index is 1130. The summed E-state index contributed by atoms with van der Waals surface area (Å²) in [5.41, 5.74) is -0.250. The highest BCUT2D eigenvalue weighted by Gasteiger charge is 2.71. The molecular formula is C24H23Cl3N2O3. The van der Waals surface area contributed by atoms with E-state index in [1.54, 1.807) is 42.5 Å². The Labute approximate surface area is 202 Å². The molecule has 8 heteroatoms. The van der Waals surface area contributed by atoms with Crippen molar-refractivity contribution < 1.29 is 14.4 Å². The van der Waals surface area contributed by atoms with E-state index in [1.807, 2.05) is 0 Å². The fourth-order valence-corrected chi connectivity index (χ4v) is 5.85. The lowest BCUT2D eigenvalue weighted by atomic mass is 9.64. The predicted octanol–water partition coefficient (Wildman–Crippen LogP) is 7.01. The minimum Gasteiger partial charge on any atom is -0.323 e. The molecule has 0 radical (unpaired) electrons. The molecule has 2 aliphatic rings. The van der Waals surface area contributed by atoms with Crippen molar-refractivity contribution in [2.45, 2.75) is 40.0 Å². The van der Waals surface area contributed by atoms with Gasteiger partial charge in [0.05, 0.1) is 37.4 Å². The largest absolute Gasteiger partial charge is 0.367 e. The molecule has 168 valence electrons. The Morgan fingerprint density at radius 3 is 2.22 bits per heavy atom. The smallest absolute Gasteiger partial charge is 0.323 e. The zero-order valence-electron chi connectivity index (χ0n) is 18.0. The van der Waals surface area contributed by atoms with Crippen LogP contribution in [0.5, 0.6) is 0 Å². The standard InChI is InChI=1S/C24H23Cl3N2O3/c1-22(2)23(3)11-12-24(22,21(31)28-19-16(26)9-6-10-17(19)27)13-18(23)29-32-20(30)14-7-4-5-8-15(14)25/h4-10H,11-13H2,1-3H3,(H,28,31). The predicted molar refractivity (Wildman–Crippen MR) is 128 cm³/mol. The summed E-state index contributed by atoms with van der Waals surface area (Å²) in [6, 6.07) is 11.7. The Kier molecular flexibility index (Phi) is 5.81. The molecule has 2 aromatic rings. The maximum Gasteiger partial charge on any atom is 0.367 e. The second kappa shape index (κ2) is 8.05. The first-order chi connectivity index (χ1) is 15.0. The molecule has 2 unspecified atom stereocenters. The lowest BCUT2D eigenvalue weighted by Gasteiger charge is -2.39. The van der Waals surface area contributed by atoms with Gasteiger partial charge in [0.15, 0.2) is 0 Å². The average Bonchev–Trinajstić information content (AvgIpc) is 3.05. The van der Waals surface area contributed by atoms with Gasteiger partial charge in [-0.2, -0.15) is 0 Å². The summed E-state index contributed by atoms with van der Waals surface area (Å²) in [6.07, 6.45) is 1.80. The summed E-state index contributed by atoms with van der Waals surface area (Å²) < 4.78 is 0. The molecule has 0 saturated heterocycles. The highest BCUT2D eigenvalue weighted by molar-refractivity contribution is 6.39. The number of halogens is 3. The number of fused-ring (bicyclic) bond motifs is 2. The summed E-state index contributed by atoms with van der Waals surface area (Å²) >= 11 is 18.6. The van der Waals surface area contributed by atoms with E-state index in [0.29, 0.717) is 39.3 Å². The SMILES string of the molecule is CC12CCC(C(=O)Nc3c(Cl)cccc3Cl)(CC1=NOC(=O)c1ccccc1Cl)C2(C)C. The van der Waals surface area contributed by atoms with Crippen LogP contribution >= 0.6 is 34.8 Å². The molecule has 0 aliphatic heterocycles. The van der Waals surface area contributed by atoms with Gasteiger partial charge in [-0.25, -0.2) is 4.79 Å². The van der Waals surface area contributed by atoms with Crippen molar-refractivity contribution >= 4 is 58.1 Å². The van der Waals surface area contributed by atoms with Crippen LogP contribution in [-0.4, -0.2) is 17.6 Å². The van der Waals surface area contributed by atoms with E-state index in [1.165, 1.54) is 0 Å². The summed E-state index contributed by atoms with van der Waals surface area (Å²) in [7, 11) is 0. The van der Waals surface area contributed by atoms with Crippen molar-refractivity contribution in [3.63, 3.8) is 0 Å². The van der Waals surface area contributed by atoms with E-state index >= 15 is 0 Å². The number of nitrogens with zero attached hydrogens (tertiary/aromatic N) is 1. The molecule has 5 nitrogen and oxygen atoms in total. The van der Waals surface area contributed by atoms with E-state index in [4.69, 9.17) is 39.6 Å². The molecule has 0 heterocycles. The van der Waals surface area contributed by atoms with Gasteiger partial charge in [-0.1, -0.05) is 78.9 Å². The van der Waals surface area contributed by atoms with Crippen LogP contribution in [0, 0.1) is 16.2 Å². The molecule has 2 saturated carbocycles. The molecule has 2 aliphatic carbocycles. The molecule has 2 fully saturated rings. The second-order valence-electron chi connectivity index (χ2n) is 9.16. The summed E-state index contributed by atoms with van der Waals surface area (Å²) in [5, 5.41) is 8.23. The number of carbonyl (C=O) groups excluding carboxylic acids is 2. The first-order valence-corrected chi connectivity index (χ1v) is 11.5. The highest BCUT2D eigenvalue weighted by Crippen LogP contribution is 2.71. The van der Waals surface area contributed by atoms with Crippen LogP contribution in [0.4, 0.5) is 5.69 Å². The molecule has 1 amide bonds. The molecule has 0 spiro atoms. The fourth-order valence-electron chi connectivity index (χ4n) is 5.15. The van der Waals surface area contributed by atoms with E-state index in [-0.39, 0.29) is 11.5 Å². The zero-order valence-corrected chi connectivity index (χ0v) is 20.2. The van der Waals surface area contributed by atoms with Crippen molar-refractivity contribution in [2.24, 2.45) is 21.4 Å². The highest BCUT2D eigenvalue weighted by atomic mass is 35.5. The van der Waals surface area contributed by atoms with Crippen LogP contribution in [0.25, 0.3) is 0 Å². The van der Waals surface area contributed by atoms with Crippen molar-refractivity contribution in [3.8, 4) is 0 Å². The van der Waals surface area contributed by atoms with Gasteiger partial charge >= 0.3 is 5.97 Å². The van der Waals surface area contributed by atoms with Crippen LogP contribution in [0.3, 0.4) is 0 Å². The van der Waals surface area contributed by atoms with Gasteiger partial charge in [-0.05, 0) is 42.5 Å². The van der Waals surface area contributed by atoms with Crippen LogP contribution in [-0.2, 0) is 9.63 Å². The summed E-state index contributed by atoms with van der Waals surface area (Å²) in [4.78, 5) is 31.4. The molecule has 2 aromatic carbocycles. The van der Waals surface area contributed by atoms with Crippen LogP contribution in [0.2, 0.25) is 15.1 Å². The number of para-hydroxylation sites is 1. The van der Waals surface area contributed by atoms with Gasteiger partial charge in [0.2, 0.25) is 5.91 Å². The van der Waals surface area contributed by atoms with E-state index in [0.717, 1.165) is 6.42 Å². The third-order valence-electron chi connectivity index (χ3n) is 7.70. The van der Waals surface area contributed by atoms with Crippen LogP contribution in [0.1, 0.15) is 50.4 Å². The van der Waals surface area contributed by atoms with Crippen molar-refractivity contribution in [1.29, 1.82) is 0 Å². The molecule has 0 aromatic heterocycles. The minimum atomic E-state index is -0.736. The first-order valence-electron chi connectivity index (χ1n) is 10.3. The van der Waals surface area contributed by atoms with Gasteiger partial charge in [0, 0.05) is 11.8 Å². The Morgan fingerprint density at radius 2 is 1.56 bits per heavy atom. The van der Waals surface area contributed by atoms with E-state index < -0.39 is 22.2 Å². The number of amides is 1. The number of anilines is 1. The van der Waals surface area contributed by atoms with Crippen LogP contribution in [0.15, 0.2) is 47.6 Å². The fraction of sp³-hybridized carbons (Fsp3) is 0.375. The molecule has 1 N–H and O–H groups in total. The Hall–Kier alpha value is -2.08. The Morgan fingerprint density at radius 1 is 0.938 bits per heavy atom. The third-order valence-corrected chi connectivity index (χ3v) is 8.66. The van der Waals surface area contributed by atoms with Crippen molar-refractivity contribution in [2.75, 3.05) is 5.32 Å². The maximum atomic E-state index is 13.6. The number of hydrogen-bond acceptors (Lipinski definition) is 4. The van der Waals surface area contributed by atoms with Gasteiger partial charge in [0.1, 0.15) is 0 Å². The van der Waals surface area contributed by atoms with Gasteiger partial charge in [0.25, 0.3) is 0 Å². The van der Waals surface area contributed by atoms with Gasteiger partial charge in [-0.3, -0.25) is 4.79 Å². The second-order valence-corrected chi connectivity index (χ2v) is 10.4. The van der Waals surface area contributed by atoms with E-state index in [2.05, 4.69) is 31.2 Å². The van der Waals surface area contributed by atoms with Crippen molar-refractivity contribution in [3.05, 3.63) is 63.1 Å². The van der Waals surface area contributed by atoms with Gasteiger partial charge in [-0.15, -0.1) is 0 Å². The quantitative estimate of drug-likeness (QED) is 0.368. The topological polar surface area (TPSA) is 67.8 Å². The summed E-state index contributed by atoms with van der Waals surface area (Å²) in [5.74, 6) is -0.794. The van der Waals surface area contributed by atoms with Crippen molar-refractivity contribution in [1.82, 2.24) is 0 Å². The lowest BCUT2D eigenvalue weighted by Crippen LogP contribution is -2.43. The first kappa shape index (κ1) is 23.1.